The first-order chi connectivity index (χ1) is 16.2. The van der Waals surface area contributed by atoms with Crippen molar-refractivity contribution in [2.45, 2.75) is 44.4 Å². The number of rotatable bonds is 7. The maximum absolute atomic E-state index is 13.0. The van der Waals surface area contributed by atoms with Gasteiger partial charge in [-0.1, -0.05) is 55.3 Å². The summed E-state index contributed by atoms with van der Waals surface area (Å²) in [6, 6.07) is 13.7. The van der Waals surface area contributed by atoms with E-state index in [0.29, 0.717) is 5.56 Å². The predicted molar refractivity (Wildman–Crippen MR) is 117 cm³/mol. The van der Waals surface area contributed by atoms with Gasteiger partial charge in [-0.3, -0.25) is 0 Å². The van der Waals surface area contributed by atoms with Crippen LogP contribution in [-0.2, 0) is 12.8 Å². The highest BCUT2D eigenvalue weighted by atomic mass is 19.4. The zero-order valence-electron chi connectivity index (χ0n) is 18.1. The maximum atomic E-state index is 13.0. The van der Waals surface area contributed by atoms with Crippen molar-refractivity contribution < 1.29 is 32.9 Å². The molecule has 178 valence electrons. The van der Waals surface area contributed by atoms with Gasteiger partial charge in [0.15, 0.2) is 5.69 Å². The number of benzene rings is 2. The Morgan fingerprint density at radius 1 is 1.03 bits per heavy atom. The number of carboxylic acids is 1. The van der Waals surface area contributed by atoms with Crippen LogP contribution in [-0.4, -0.2) is 26.2 Å². The minimum atomic E-state index is -4.47. The molecule has 1 saturated carbocycles. The molecule has 0 spiro atoms. The van der Waals surface area contributed by atoms with E-state index >= 15 is 0 Å². The minimum Gasteiger partial charge on any atom is -0.491 e. The topological polar surface area (TPSA) is 92.5 Å². The lowest BCUT2D eigenvalue weighted by Crippen LogP contribution is -2.18. The second-order valence-electron chi connectivity index (χ2n) is 8.30. The van der Waals surface area contributed by atoms with Gasteiger partial charge in [0.1, 0.15) is 12.4 Å². The molecule has 2 N–H and O–H groups in total. The molecule has 0 saturated heterocycles. The van der Waals surface area contributed by atoms with Gasteiger partial charge in [0, 0.05) is 5.92 Å². The number of ether oxygens (including phenoxy) is 1. The molecule has 1 atom stereocenters. The summed E-state index contributed by atoms with van der Waals surface area (Å²) in [4.78, 5) is 20.3. The average Bonchev–Trinajstić information content (AvgIpc) is 3.33. The first-order valence-electron chi connectivity index (χ1n) is 10.9. The monoisotopic (exact) mass is 472 g/mol. The van der Waals surface area contributed by atoms with E-state index in [1.165, 1.54) is 12.1 Å². The molecule has 1 aliphatic rings. The number of hydrogen-bond donors (Lipinski definition) is 2. The number of hydrogen-bond acceptors (Lipinski definition) is 5. The van der Waals surface area contributed by atoms with Gasteiger partial charge in [0.2, 0.25) is 5.75 Å². The van der Waals surface area contributed by atoms with E-state index < -0.39 is 35.2 Å². The van der Waals surface area contributed by atoms with Crippen molar-refractivity contribution in [3.8, 4) is 11.6 Å². The molecule has 1 unspecified atom stereocenters. The fourth-order valence-corrected chi connectivity index (χ4v) is 4.40. The zero-order valence-corrected chi connectivity index (χ0v) is 18.1. The van der Waals surface area contributed by atoms with Crippen molar-refractivity contribution >= 4 is 5.97 Å². The second kappa shape index (κ2) is 9.70. The smallest absolute Gasteiger partial charge is 0.416 e. The van der Waals surface area contributed by atoms with Gasteiger partial charge in [-0.15, -0.1) is 0 Å². The molecular weight excluding hydrogens is 449 g/mol. The summed E-state index contributed by atoms with van der Waals surface area (Å²) < 4.78 is 44.7. The summed E-state index contributed by atoms with van der Waals surface area (Å²) in [5, 5.41) is 20.3. The first-order valence-corrected chi connectivity index (χ1v) is 10.9. The molecule has 0 radical (unpaired) electrons. The fraction of sp³-hybridized carbons (Fsp3) is 0.320. The van der Waals surface area contributed by atoms with Crippen LogP contribution in [0, 0.1) is 5.92 Å². The molecule has 0 bridgehead atoms. The van der Waals surface area contributed by atoms with Gasteiger partial charge < -0.3 is 14.9 Å². The average molecular weight is 472 g/mol. The van der Waals surface area contributed by atoms with Crippen LogP contribution in [0.4, 0.5) is 13.2 Å². The standard InChI is InChI=1S/C25H23F3N2O4/c26-25(27,28)18-12-10-17(11-13-18)19(16-8-4-5-9-16)22-29-20(24(32)33)21(23(31)30-22)34-14-15-6-2-1-3-7-15/h1-3,6-7,10-13,16,19H,4-5,8-9,14H2,(H,32,33)(H,29,30,31). The van der Waals surface area contributed by atoms with Crippen molar-refractivity contribution in [2.75, 3.05) is 0 Å². The molecule has 1 aliphatic carbocycles. The third-order valence-corrected chi connectivity index (χ3v) is 6.04. The number of alkyl halides is 3. The summed E-state index contributed by atoms with van der Waals surface area (Å²) in [6.07, 6.45) is -0.991. The molecule has 3 aromatic rings. The zero-order chi connectivity index (χ0) is 24.3. The summed E-state index contributed by atoms with van der Waals surface area (Å²) in [6.45, 7) is 0.00233. The Bertz CT molecular complexity index is 1150. The molecule has 34 heavy (non-hydrogen) atoms. The van der Waals surface area contributed by atoms with Crippen LogP contribution in [0.15, 0.2) is 54.6 Å². The van der Waals surface area contributed by atoms with Gasteiger partial charge in [-0.2, -0.15) is 18.2 Å². The molecule has 1 aromatic heterocycles. The normalized spacial score (nSPS) is 15.3. The van der Waals surface area contributed by atoms with Crippen LogP contribution in [0.2, 0.25) is 0 Å². The predicted octanol–water partition coefficient (Wildman–Crippen LogP) is 5.80. The van der Waals surface area contributed by atoms with Crippen molar-refractivity contribution in [2.24, 2.45) is 5.92 Å². The van der Waals surface area contributed by atoms with Crippen LogP contribution < -0.4 is 4.74 Å². The lowest BCUT2D eigenvalue weighted by Gasteiger charge is -2.24. The van der Waals surface area contributed by atoms with E-state index in [9.17, 15) is 28.2 Å². The van der Waals surface area contributed by atoms with Gasteiger partial charge in [-0.05, 0) is 42.0 Å². The van der Waals surface area contributed by atoms with Crippen molar-refractivity contribution in [1.82, 2.24) is 9.97 Å². The number of nitrogens with zero attached hydrogens (tertiary/aromatic N) is 2. The Kier molecular flexibility index (Phi) is 6.72. The number of carbonyl (C=O) groups is 1. The van der Waals surface area contributed by atoms with Gasteiger partial charge in [0.05, 0.1) is 5.56 Å². The van der Waals surface area contributed by atoms with Crippen LogP contribution >= 0.6 is 0 Å². The lowest BCUT2D eigenvalue weighted by atomic mass is 9.83. The Morgan fingerprint density at radius 2 is 1.68 bits per heavy atom. The first kappa shape index (κ1) is 23.5. The van der Waals surface area contributed by atoms with E-state index in [-0.39, 0.29) is 24.1 Å². The largest absolute Gasteiger partial charge is 0.491 e. The van der Waals surface area contributed by atoms with E-state index in [0.717, 1.165) is 43.4 Å². The Hall–Kier alpha value is -3.62. The third kappa shape index (κ3) is 5.13. The number of carboxylic acid groups (broad SMARTS) is 1. The summed E-state index contributed by atoms with van der Waals surface area (Å²) >= 11 is 0. The summed E-state index contributed by atoms with van der Waals surface area (Å²) in [5.41, 5.74) is 0.0268. The second-order valence-corrected chi connectivity index (χ2v) is 8.30. The Morgan fingerprint density at radius 3 is 2.26 bits per heavy atom. The maximum Gasteiger partial charge on any atom is 0.416 e. The SMILES string of the molecule is O=C(O)c1nc(C(c2ccc(C(F)(F)F)cc2)C2CCCC2)nc(O)c1OCc1ccccc1. The third-order valence-electron chi connectivity index (χ3n) is 6.04. The number of aromatic nitrogens is 2. The van der Waals surface area contributed by atoms with E-state index in [2.05, 4.69) is 9.97 Å². The van der Waals surface area contributed by atoms with Crippen LogP contribution in [0.5, 0.6) is 11.6 Å². The Labute approximate surface area is 194 Å². The molecular formula is C25H23F3N2O4. The van der Waals surface area contributed by atoms with Crippen molar-refractivity contribution in [1.29, 1.82) is 0 Å². The van der Waals surface area contributed by atoms with Crippen LogP contribution in [0.3, 0.4) is 0 Å². The highest BCUT2D eigenvalue weighted by molar-refractivity contribution is 5.89. The molecule has 0 amide bonds. The minimum absolute atomic E-state index is 0.00233. The van der Waals surface area contributed by atoms with Crippen molar-refractivity contribution in [3.63, 3.8) is 0 Å². The number of halogens is 3. The number of aromatic hydroxyl groups is 1. The highest BCUT2D eigenvalue weighted by Crippen LogP contribution is 2.42. The molecule has 6 nitrogen and oxygen atoms in total. The molecule has 2 aromatic carbocycles. The summed E-state index contributed by atoms with van der Waals surface area (Å²) in [5.74, 6) is -2.87. The summed E-state index contributed by atoms with van der Waals surface area (Å²) in [7, 11) is 0. The van der Waals surface area contributed by atoms with Gasteiger partial charge >= 0.3 is 12.1 Å². The molecule has 4 rings (SSSR count). The fourth-order valence-electron chi connectivity index (χ4n) is 4.40. The molecule has 1 fully saturated rings. The number of aromatic carboxylic acids is 1. The molecule has 1 heterocycles. The molecule has 0 aliphatic heterocycles. The van der Waals surface area contributed by atoms with E-state index in [1.807, 2.05) is 6.07 Å². The van der Waals surface area contributed by atoms with Gasteiger partial charge in [-0.25, -0.2) is 9.78 Å². The van der Waals surface area contributed by atoms with E-state index in [4.69, 9.17) is 4.74 Å². The lowest BCUT2D eigenvalue weighted by molar-refractivity contribution is -0.137. The van der Waals surface area contributed by atoms with Crippen LogP contribution in [0.1, 0.15) is 64.6 Å². The van der Waals surface area contributed by atoms with Gasteiger partial charge in [0.25, 0.3) is 5.88 Å². The highest BCUT2D eigenvalue weighted by Gasteiger charge is 2.34. The van der Waals surface area contributed by atoms with Crippen LogP contribution in [0.25, 0.3) is 0 Å². The van der Waals surface area contributed by atoms with E-state index in [1.54, 1.807) is 24.3 Å². The van der Waals surface area contributed by atoms with Crippen molar-refractivity contribution in [3.05, 3.63) is 82.8 Å². The molecule has 9 heteroatoms. The Balaban J connectivity index is 1.72. The quantitative estimate of drug-likeness (QED) is 0.452.